The molecular weight excluding hydrogens is 352 g/mol. The molecule has 7 nitrogen and oxygen atoms in total. The van der Waals surface area contributed by atoms with Gasteiger partial charge < -0.3 is 15.4 Å². The van der Waals surface area contributed by atoms with Crippen LogP contribution in [0.3, 0.4) is 0 Å². The second kappa shape index (κ2) is 8.11. The highest BCUT2D eigenvalue weighted by molar-refractivity contribution is 5.71. The molecule has 28 heavy (non-hydrogen) atoms. The second-order valence-corrected chi connectivity index (χ2v) is 6.87. The lowest BCUT2D eigenvalue weighted by Gasteiger charge is -2.27. The number of hydrogen-bond donors (Lipinski definition) is 3. The first kappa shape index (κ1) is 18.0. The molecule has 0 fully saturated rings. The van der Waals surface area contributed by atoms with E-state index in [1.54, 1.807) is 0 Å². The van der Waals surface area contributed by atoms with E-state index in [0.717, 1.165) is 48.6 Å². The van der Waals surface area contributed by atoms with E-state index in [4.69, 9.17) is 10.00 Å². The standard InChI is InChI=1S/C21H22N6O/c1-14-19(13-26-27-14)17-8-20-21(25-10-17)28-18(12-24-20)11-23-7-6-15-2-4-16(9-22)5-3-15/h2-5,8,10,13,18,23-24H,6-7,11-12H2,1H3,(H,26,27). The maximum atomic E-state index is 8.84. The highest BCUT2D eigenvalue weighted by Crippen LogP contribution is 2.31. The monoisotopic (exact) mass is 374 g/mol. The van der Waals surface area contributed by atoms with Crippen LogP contribution in [-0.4, -0.2) is 40.9 Å². The lowest BCUT2D eigenvalue weighted by atomic mass is 10.1. The molecule has 2 aromatic heterocycles. The maximum absolute atomic E-state index is 8.84. The van der Waals surface area contributed by atoms with Crippen LogP contribution in [0.15, 0.2) is 42.7 Å². The van der Waals surface area contributed by atoms with Gasteiger partial charge in [0.1, 0.15) is 6.10 Å². The zero-order valence-corrected chi connectivity index (χ0v) is 15.7. The largest absolute Gasteiger partial charge is 0.470 e. The number of fused-ring (bicyclic) bond motifs is 1. The van der Waals surface area contributed by atoms with Crippen LogP contribution in [0.2, 0.25) is 0 Å². The normalized spacial score (nSPS) is 15.2. The molecule has 0 saturated heterocycles. The van der Waals surface area contributed by atoms with Gasteiger partial charge in [-0.3, -0.25) is 5.10 Å². The zero-order valence-electron chi connectivity index (χ0n) is 15.7. The number of benzene rings is 1. The van der Waals surface area contributed by atoms with E-state index in [-0.39, 0.29) is 6.10 Å². The molecule has 1 aliphatic rings. The molecule has 7 heteroatoms. The summed E-state index contributed by atoms with van der Waals surface area (Å²) in [6, 6.07) is 11.9. The molecule has 4 rings (SSSR count). The minimum Gasteiger partial charge on any atom is -0.470 e. The zero-order chi connectivity index (χ0) is 19.3. The van der Waals surface area contributed by atoms with Gasteiger partial charge >= 0.3 is 0 Å². The molecule has 0 saturated carbocycles. The molecule has 1 unspecified atom stereocenters. The van der Waals surface area contributed by atoms with E-state index >= 15 is 0 Å². The molecule has 0 bridgehead atoms. The number of nitriles is 1. The fourth-order valence-electron chi connectivity index (χ4n) is 3.24. The van der Waals surface area contributed by atoms with E-state index in [1.165, 1.54) is 5.56 Å². The van der Waals surface area contributed by atoms with Gasteiger partial charge in [0.25, 0.3) is 0 Å². The Morgan fingerprint density at radius 3 is 2.89 bits per heavy atom. The van der Waals surface area contributed by atoms with E-state index in [9.17, 15) is 0 Å². The van der Waals surface area contributed by atoms with Gasteiger partial charge in [-0.05, 0) is 43.7 Å². The molecule has 1 aromatic carbocycles. The van der Waals surface area contributed by atoms with Gasteiger partial charge in [-0.25, -0.2) is 4.98 Å². The number of nitrogens with zero attached hydrogens (tertiary/aromatic N) is 3. The SMILES string of the molecule is Cc1[nH]ncc1-c1cnc2c(c1)NCC(CNCCc1ccc(C#N)cc1)O2. The number of aromatic amines is 1. The van der Waals surface area contributed by atoms with E-state index in [1.807, 2.05) is 43.6 Å². The predicted octanol–water partition coefficient (Wildman–Crippen LogP) is 2.66. The van der Waals surface area contributed by atoms with Gasteiger partial charge in [0, 0.05) is 29.6 Å². The van der Waals surface area contributed by atoms with Gasteiger partial charge in [-0.2, -0.15) is 10.4 Å². The van der Waals surface area contributed by atoms with Crippen molar-refractivity contribution in [2.45, 2.75) is 19.4 Å². The summed E-state index contributed by atoms with van der Waals surface area (Å²) in [7, 11) is 0. The van der Waals surface area contributed by atoms with Crippen LogP contribution in [0.5, 0.6) is 5.88 Å². The molecule has 0 spiro atoms. The van der Waals surface area contributed by atoms with Crippen molar-refractivity contribution in [3.63, 3.8) is 0 Å². The molecular formula is C21H22N6O. The number of hydrogen-bond acceptors (Lipinski definition) is 6. The number of rotatable bonds is 6. The van der Waals surface area contributed by atoms with Gasteiger partial charge in [-0.15, -0.1) is 0 Å². The first-order valence-corrected chi connectivity index (χ1v) is 9.33. The third kappa shape index (κ3) is 3.97. The summed E-state index contributed by atoms with van der Waals surface area (Å²) < 4.78 is 6.02. The van der Waals surface area contributed by atoms with Crippen LogP contribution in [-0.2, 0) is 6.42 Å². The fourth-order valence-corrected chi connectivity index (χ4v) is 3.24. The highest BCUT2D eigenvalue weighted by atomic mass is 16.5. The number of H-pyrrole nitrogens is 1. The van der Waals surface area contributed by atoms with Crippen molar-refractivity contribution in [3.8, 4) is 23.1 Å². The molecule has 142 valence electrons. The predicted molar refractivity (Wildman–Crippen MR) is 107 cm³/mol. The lowest BCUT2D eigenvalue weighted by molar-refractivity contribution is 0.194. The maximum Gasteiger partial charge on any atom is 0.237 e. The summed E-state index contributed by atoms with van der Waals surface area (Å²) in [5, 5.41) is 22.7. The van der Waals surface area contributed by atoms with Crippen LogP contribution in [0.1, 0.15) is 16.8 Å². The summed E-state index contributed by atoms with van der Waals surface area (Å²) in [6.07, 6.45) is 4.57. The van der Waals surface area contributed by atoms with E-state index in [0.29, 0.717) is 11.4 Å². The van der Waals surface area contributed by atoms with Crippen LogP contribution in [0, 0.1) is 18.3 Å². The van der Waals surface area contributed by atoms with Gasteiger partial charge in [0.15, 0.2) is 0 Å². The Hall–Kier alpha value is -3.37. The average molecular weight is 374 g/mol. The van der Waals surface area contributed by atoms with Crippen molar-refractivity contribution in [1.29, 1.82) is 5.26 Å². The van der Waals surface area contributed by atoms with Gasteiger partial charge in [-0.1, -0.05) is 12.1 Å². The minimum absolute atomic E-state index is 0.0301. The minimum atomic E-state index is 0.0301. The Balaban J connectivity index is 1.28. The summed E-state index contributed by atoms with van der Waals surface area (Å²) in [6.45, 7) is 4.31. The number of pyridine rings is 1. The first-order chi connectivity index (χ1) is 13.7. The summed E-state index contributed by atoms with van der Waals surface area (Å²) in [5.41, 5.74) is 5.89. The van der Waals surface area contributed by atoms with Crippen LogP contribution in [0.4, 0.5) is 5.69 Å². The summed E-state index contributed by atoms with van der Waals surface area (Å²) in [5.74, 6) is 0.634. The second-order valence-electron chi connectivity index (χ2n) is 6.87. The average Bonchev–Trinajstić information content (AvgIpc) is 3.17. The molecule has 0 radical (unpaired) electrons. The van der Waals surface area contributed by atoms with Gasteiger partial charge in [0.2, 0.25) is 5.88 Å². The van der Waals surface area contributed by atoms with Crippen molar-refractivity contribution in [3.05, 3.63) is 59.5 Å². The Morgan fingerprint density at radius 1 is 1.29 bits per heavy atom. The third-order valence-electron chi connectivity index (χ3n) is 4.84. The Labute approximate surface area is 163 Å². The molecule has 0 amide bonds. The quantitative estimate of drug-likeness (QED) is 0.574. The number of anilines is 1. The summed E-state index contributed by atoms with van der Waals surface area (Å²) in [4.78, 5) is 4.48. The third-order valence-corrected chi connectivity index (χ3v) is 4.84. The van der Waals surface area contributed by atoms with Crippen LogP contribution >= 0.6 is 0 Å². The van der Waals surface area contributed by atoms with Gasteiger partial charge in [0.05, 0.1) is 30.1 Å². The first-order valence-electron chi connectivity index (χ1n) is 9.33. The molecule has 3 heterocycles. The molecule has 0 aliphatic carbocycles. The van der Waals surface area contributed by atoms with E-state index < -0.39 is 0 Å². The van der Waals surface area contributed by atoms with E-state index in [2.05, 4.69) is 38.0 Å². The molecule has 1 aliphatic heterocycles. The Kier molecular flexibility index (Phi) is 5.22. The van der Waals surface area contributed by atoms with Crippen molar-refractivity contribution < 1.29 is 4.74 Å². The molecule has 1 atom stereocenters. The number of aryl methyl sites for hydroxylation is 1. The Bertz CT molecular complexity index is 989. The molecule has 3 aromatic rings. The van der Waals surface area contributed by atoms with Crippen LogP contribution < -0.4 is 15.4 Å². The molecule has 3 N–H and O–H groups in total. The summed E-state index contributed by atoms with van der Waals surface area (Å²) >= 11 is 0. The topological polar surface area (TPSA) is 98.6 Å². The smallest absolute Gasteiger partial charge is 0.237 e. The van der Waals surface area contributed by atoms with Crippen molar-refractivity contribution in [2.75, 3.05) is 25.0 Å². The van der Waals surface area contributed by atoms with Crippen LogP contribution in [0.25, 0.3) is 11.1 Å². The van der Waals surface area contributed by atoms with Crippen molar-refractivity contribution in [1.82, 2.24) is 20.5 Å². The van der Waals surface area contributed by atoms with Crippen molar-refractivity contribution >= 4 is 5.69 Å². The number of aromatic nitrogens is 3. The highest BCUT2D eigenvalue weighted by Gasteiger charge is 2.21. The van der Waals surface area contributed by atoms with Crippen molar-refractivity contribution in [2.24, 2.45) is 0 Å². The number of nitrogens with one attached hydrogen (secondary N) is 3. The fraction of sp³-hybridized carbons (Fsp3) is 0.286. The Morgan fingerprint density at radius 2 is 2.14 bits per heavy atom. The lowest BCUT2D eigenvalue weighted by Crippen LogP contribution is -2.40. The number of ether oxygens (including phenoxy) is 1.